The molecule has 1 unspecified atom stereocenters. The minimum atomic E-state index is -1.23. The zero-order valence-electron chi connectivity index (χ0n) is 24.0. The van der Waals surface area contributed by atoms with Gasteiger partial charge in [-0.1, -0.05) is 37.5 Å². The van der Waals surface area contributed by atoms with Crippen LogP contribution in [-0.4, -0.2) is 34.7 Å². The highest BCUT2D eigenvalue weighted by Gasteiger charge is 2.66. The van der Waals surface area contributed by atoms with Gasteiger partial charge >= 0.3 is 5.69 Å². The highest BCUT2D eigenvalue weighted by atomic mass is 16.5. The van der Waals surface area contributed by atoms with Gasteiger partial charge in [0, 0.05) is 35.6 Å². The van der Waals surface area contributed by atoms with Crippen LogP contribution in [0.15, 0.2) is 35.0 Å². The normalized spacial score (nSPS) is 39.7. The summed E-state index contributed by atoms with van der Waals surface area (Å²) in [5.74, 6) is 1.80. The molecule has 1 aromatic carbocycles. The molecule has 3 fully saturated rings. The van der Waals surface area contributed by atoms with Gasteiger partial charge in [-0.25, -0.2) is 0 Å². The summed E-state index contributed by atoms with van der Waals surface area (Å²) < 4.78 is 6.48. The van der Waals surface area contributed by atoms with Crippen LogP contribution in [0.5, 0.6) is 0 Å². The summed E-state index contributed by atoms with van der Waals surface area (Å²) in [6.07, 6.45) is 8.89. The number of ether oxygens (including phenoxy) is 1. The Morgan fingerprint density at radius 3 is 2.77 bits per heavy atom. The van der Waals surface area contributed by atoms with E-state index < -0.39 is 11.6 Å². The summed E-state index contributed by atoms with van der Waals surface area (Å²) in [7, 11) is 0. The Bertz CT molecular complexity index is 1370. The number of nitrogens with zero attached hydrogens (tertiary/aromatic N) is 4. The Kier molecular flexibility index (Phi) is 6.46. The number of rotatable bonds is 5. The highest BCUT2D eigenvalue weighted by molar-refractivity contribution is 6.08. The molecule has 1 aliphatic heterocycles. The molecule has 0 amide bonds. The molecule has 4 aliphatic carbocycles. The number of ketones is 2. The summed E-state index contributed by atoms with van der Waals surface area (Å²) in [5, 5.41) is 3.67. The van der Waals surface area contributed by atoms with Gasteiger partial charge in [-0.05, 0) is 98.1 Å². The van der Waals surface area contributed by atoms with E-state index in [1.165, 1.54) is 17.7 Å². The molecule has 1 heterocycles. The lowest BCUT2D eigenvalue weighted by molar-refractivity contribution is -0.547. The first-order valence-corrected chi connectivity index (χ1v) is 14.9. The number of hydrogen-bond donors (Lipinski definition) is 1. The molecule has 5 aliphatic rings. The summed E-state index contributed by atoms with van der Waals surface area (Å²) in [6, 6.07) is 4.59. The number of benzene rings is 1. The number of hydrogen-bond acceptors (Lipinski definition) is 5. The van der Waals surface area contributed by atoms with Gasteiger partial charge in [-0.3, -0.25) is 9.59 Å². The molecular weight excluding hydrogens is 506 g/mol. The fraction of sp³-hybridized carbons (Fsp3) is 0.677. The summed E-state index contributed by atoms with van der Waals surface area (Å²) in [5.41, 5.74) is 12.7. The number of azide groups is 1. The SMILES string of the molecule is CCCOC1C[C@@]2(C)C(=CC[C@H]3[C@@H]4CC[C@H](C(C)=O)[C@@]4(C)CC[C@@H]32)C[C@]12N[N+](=O)c1ccc(N=[N+]=[N-])cc1C2=O. The standard InChI is InChI=1S/C31H40N5O4/c1-5-14-40-27-17-30(4)19(6-8-21-24-10-9-23(18(2)37)29(24,3)13-12-25(21)30)16-31(27)28(38)22-15-20(33-35-32)7-11-26(22)36(39)34-31/h6-7,11,15,21,23-25,27H,5,8-10,12-14,16-17H2,1-4H3,(H,34,39)/q+1/t21-,23+,24-,25-,27?,29+,30-,31-/m0/s1. The third kappa shape index (κ3) is 3.73. The first-order valence-electron chi connectivity index (χ1n) is 14.9. The van der Waals surface area contributed by atoms with Crippen LogP contribution < -0.4 is 5.43 Å². The van der Waals surface area contributed by atoms with Gasteiger partial charge in [0.1, 0.15) is 11.3 Å². The summed E-state index contributed by atoms with van der Waals surface area (Å²) >= 11 is 0. The van der Waals surface area contributed by atoms with Crippen LogP contribution in [0.25, 0.3) is 10.4 Å². The lowest BCUT2D eigenvalue weighted by Gasteiger charge is -2.60. The highest BCUT2D eigenvalue weighted by Crippen LogP contribution is 2.67. The zero-order valence-corrected chi connectivity index (χ0v) is 24.0. The van der Waals surface area contributed by atoms with Crippen molar-refractivity contribution in [2.75, 3.05) is 6.61 Å². The molecule has 0 aromatic heterocycles. The number of hydrazine groups is 1. The smallest absolute Gasteiger partial charge is 0.302 e. The first-order chi connectivity index (χ1) is 19.1. The lowest BCUT2D eigenvalue weighted by Crippen LogP contribution is -2.69. The van der Waals surface area contributed by atoms with Gasteiger partial charge in [0.25, 0.3) is 0 Å². The van der Waals surface area contributed by atoms with E-state index in [9.17, 15) is 14.5 Å². The summed E-state index contributed by atoms with van der Waals surface area (Å²) in [4.78, 5) is 43.8. The van der Waals surface area contributed by atoms with Crippen LogP contribution in [0.3, 0.4) is 0 Å². The number of fused-ring (bicyclic) bond motifs is 6. The van der Waals surface area contributed by atoms with E-state index >= 15 is 0 Å². The molecule has 1 aromatic rings. The molecule has 0 saturated heterocycles. The van der Waals surface area contributed by atoms with Crippen molar-refractivity contribution in [3.8, 4) is 0 Å². The van der Waals surface area contributed by atoms with Crippen molar-refractivity contribution in [1.29, 1.82) is 0 Å². The van der Waals surface area contributed by atoms with Gasteiger partial charge < -0.3 is 4.74 Å². The van der Waals surface area contributed by atoms with Crippen molar-refractivity contribution in [3.63, 3.8) is 0 Å². The second-order valence-corrected chi connectivity index (χ2v) is 13.4. The lowest BCUT2D eigenvalue weighted by atomic mass is 9.45. The molecule has 212 valence electrons. The Balaban J connectivity index is 1.39. The largest absolute Gasteiger partial charge is 0.375 e. The van der Waals surface area contributed by atoms with Crippen molar-refractivity contribution in [2.45, 2.75) is 90.7 Å². The van der Waals surface area contributed by atoms with E-state index in [2.05, 4.69) is 35.4 Å². The minimum absolute atomic E-state index is 0.0694. The minimum Gasteiger partial charge on any atom is -0.375 e. The second kappa shape index (κ2) is 9.52. The van der Waals surface area contributed by atoms with Crippen LogP contribution in [0, 0.1) is 39.4 Å². The van der Waals surface area contributed by atoms with Crippen molar-refractivity contribution in [1.82, 2.24) is 5.43 Å². The molecule has 40 heavy (non-hydrogen) atoms. The van der Waals surface area contributed by atoms with Gasteiger partial charge in [0.2, 0.25) is 5.78 Å². The van der Waals surface area contributed by atoms with E-state index in [4.69, 9.17) is 10.3 Å². The molecule has 0 bridgehead atoms. The maximum absolute atomic E-state index is 14.3. The third-order valence-corrected chi connectivity index (χ3v) is 11.6. The van der Waals surface area contributed by atoms with Crippen LogP contribution in [0.2, 0.25) is 0 Å². The molecule has 0 radical (unpaired) electrons. The number of allylic oxidation sites excluding steroid dienone is 1. The van der Waals surface area contributed by atoms with E-state index in [0.717, 1.165) is 38.5 Å². The van der Waals surface area contributed by atoms with Crippen LogP contribution in [-0.2, 0) is 9.53 Å². The number of Topliss-reactive ketones (excluding diaryl/α,β-unsaturated/α-hetero) is 2. The Morgan fingerprint density at radius 1 is 1.25 bits per heavy atom. The predicted octanol–water partition coefficient (Wildman–Crippen LogP) is 7.05. The average Bonchev–Trinajstić information content (AvgIpc) is 3.28. The van der Waals surface area contributed by atoms with Crippen molar-refractivity contribution >= 4 is 22.9 Å². The molecule has 6 rings (SSSR count). The van der Waals surface area contributed by atoms with Gasteiger partial charge in [0.05, 0.1) is 11.0 Å². The van der Waals surface area contributed by atoms with Crippen LogP contribution in [0.4, 0.5) is 11.4 Å². The monoisotopic (exact) mass is 546 g/mol. The van der Waals surface area contributed by atoms with E-state index in [-0.39, 0.29) is 33.8 Å². The maximum Gasteiger partial charge on any atom is 0.302 e. The Hall–Kier alpha value is -3.03. The first kappa shape index (κ1) is 27.2. The number of nitroso groups, excluding NO2 is 1. The Labute approximate surface area is 235 Å². The molecule has 3 saturated carbocycles. The maximum atomic E-state index is 14.3. The molecular formula is C31H40N5O4+. The molecule has 1 spiro atoms. The van der Waals surface area contributed by atoms with Crippen molar-refractivity contribution < 1.29 is 19.2 Å². The number of carbonyl (C=O) groups excluding carboxylic acids is 2. The van der Waals surface area contributed by atoms with E-state index in [1.54, 1.807) is 13.0 Å². The fourth-order valence-corrected chi connectivity index (χ4v) is 9.68. The van der Waals surface area contributed by atoms with E-state index in [0.29, 0.717) is 53.5 Å². The van der Waals surface area contributed by atoms with Crippen molar-refractivity contribution in [2.24, 2.45) is 39.6 Å². The number of nitrogens with one attached hydrogen (secondary N) is 1. The fourth-order valence-electron chi connectivity index (χ4n) is 9.68. The van der Waals surface area contributed by atoms with Gasteiger partial charge in [-0.15, -0.1) is 5.43 Å². The number of carbonyl (C=O) groups is 2. The molecule has 9 heteroatoms. The summed E-state index contributed by atoms with van der Waals surface area (Å²) in [6.45, 7) is 9.01. The van der Waals surface area contributed by atoms with Gasteiger partial charge in [-0.2, -0.15) is 0 Å². The third-order valence-electron chi connectivity index (χ3n) is 11.6. The topological polar surface area (TPSA) is 124 Å². The molecule has 8 atom stereocenters. The van der Waals surface area contributed by atoms with Crippen molar-refractivity contribution in [3.05, 3.63) is 50.8 Å². The predicted molar refractivity (Wildman–Crippen MR) is 150 cm³/mol. The van der Waals surface area contributed by atoms with Crippen LogP contribution in [0.1, 0.15) is 89.4 Å². The zero-order chi connectivity index (χ0) is 28.4. The van der Waals surface area contributed by atoms with Crippen LogP contribution >= 0.6 is 0 Å². The molecule has 9 nitrogen and oxygen atoms in total. The molecule has 1 N–H and O–H groups in total. The Morgan fingerprint density at radius 2 is 2.05 bits per heavy atom. The average molecular weight is 547 g/mol. The second-order valence-electron chi connectivity index (χ2n) is 13.4. The van der Waals surface area contributed by atoms with E-state index in [1.807, 2.05) is 6.92 Å². The quantitative estimate of drug-likeness (QED) is 0.139. The van der Waals surface area contributed by atoms with Gasteiger partial charge in [0.15, 0.2) is 10.4 Å².